The van der Waals surface area contributed by atoms with Crippen LogP contribution in [0.5, 0.6) is 0 Å². The second-order valence-corrected chi connectivity index (χ2v) is 3.63. The number of carboxylic acids is 1. The Labute approximate surface area is 77.3 Å². The molecule has 1 rings (SSSR count). The Morgan fingerprint density at radius 3 is 2.46 bits per heavy atom. The number of nitrogens with one attached hydrogen (secondary N) is 1. The zero-order valence-electron chi connectivity index (χ0n) is 7.91. The van der Waals surface area contributed by atoms with Gasteiger partial charge in [-0.2, -0.15) is 0 Å². The minimum absolute atomic E-state index is 0.0494. The molecule has 1 aliphatic rings. The third-order valence-corrected chi connectivity index (χ3v) is 2.47. The van der Waals surface area contributed by atoms with E-state index in [1.807, 2.05) is 6.92 Å². The van der Waals surface area contributed by atoms with Gasteiger partial charge in [-0.05, 0) is 18.8 Å². The van der Waals surface area contributed by atoms with Gasteiger partial charge < -0.3 is 10.4 Å². The molecule has 0 aromatic heterocycles. The number of rotatable bonds is 4. The maximum atomic E-state index is 11.3. The summed E-state index contributed by atoms with van der Waals surface area (Å²) in [4.78, 5) is 21.9. The maximum Gasteiger partial charge on any atom is 0.326 e. The van der Waals surface area contributed by atoms with Crippen LogP contribution in [0.1, 0.15) is 26.7 Å². The highest BCUT2D eigenvalue weighted by molar-refractivity contribution is 5.86. The average Bonchev–Trinajstić information content (AvgIpc) is 2.77. The highest BCUT2D eigenvalue weighted by Gasteiger charge is 2.40. The summed E-state index contributed by atoms with van der Waals surface area (Å²) in [5.74, 6) is -0.592. The molecular formula is C9H15NO3. The molecule has 0 aliphatic heterocycles. The Balaban J connectivity index is 2.38. The van der Waals surface area contributed by atoms with Crippen molar-refractivity contribution in [2.45, 2.75) is 32.7 Å². The van der Waals surface area contributed by atoms with E-state index in [1.54, 1.807) is 6.92 Å². The fourth-order valence-electron chi connectivity index (χ4n) is 1.30. The zero-order chi connectivity index (χ0) is 10.0. The first-order valence-electron chi connectivity index (χ1n) is 4.59. The molecule has 1 saturated carbocycles. The smallest absolute Gasteiger partial charge is 0.326 e. The molecule has 3 atom stereocenters. The fourth-order valence-corrected chi connectivity index (χ4v) is 1.30. The highest BCUT2D eigenvalue weighted by atomic mass is 16.4. The summed E-state index contributed by atoms with van der Waals surface area (Å²) in [6, 6.07) is -0.722. The summed E-state index contributed by atoms with van der Waals surface area (Å²) in [5, 5.41) is 11.2. The van der Waals surface area contributed by atoms with Crippen molar-refractivity contribution in [2.24, 2.45) is 11.8 Å². The minimum Gasteiger partial charge on any atom is -0.480 e. The van der Waals surface area contributed by atoms with Crippen LogP contribution in [0.25, 0.3) is 0 Å². The van der Waals surface area contributed by atoms with Crippen molar-refractivity contribution in [2.75, 3.05) is 0 Å². The van der Waals surface area contributed by atoms with Gasteiger partial charge in [0, 0.05) is 5.92 Å². The van der Waals surface area contributed by atoms with E-state index < -0.39 is 12.0 Å². The van der Waals surface area contributed by atoms with Gasteiger partial charge in [-0.25, -0.2) is 4.79 Å². The van der Waals surface area contributed by atoms with Crippen LogP contribution in [0, 0.1) is 11.8 Å². The molecule has 13 heavy (non-hydrogen) atoms. The van der Waals surface area contributed by atoms with Crippen molar-refractivity contribution in [1.29, 1.82) is 0 Å². The quantitative estimate of drug-likeness (QED) is 0.674. The molecule has 74 valence electrons. The Hall–Kier alpha value is -1.06. The monoisotopic (exact) mass is 185 g/mol. The third-order valence-electron chi connectivity index (χ3n) is 2.47. The van der Waals surface area contributed by atoms with Crippen LogP contribution in [0.2, 0.25) is 0 Å². The van der Waals surface area contributed by atoms with Crippen LogP contribution in [0.4, 0.5) is 0 Å². The van der Waals surface area contributed by atoms with E-state index in [9.17, 15) is 9.59 Å². The summed E-state index contributed by atoms with van der Waals surface area (Å²) in [6.07, 6.45) is 1.32. The number of carbonyl (C=O) groups excluding carboxylic acids is 1. The highest BCUT2D eigenvalue weighted by Crippen LogP contribution is 2.37. The van der Waals surface area contributed by atoms with Gasteiger partial charge in [0.1, 0.15) is 6.04 Å². The van der Waals surface area contributed by atoms with Gasteiger partial charge in [0.05, 0.1) is 0 Å². The number of aliphatic carboxylic acids is 1. The molecule has 0 aromatic rings. The van der Waals surface area contributed by atoms with Gasteiger partial charge in [-0.3, -0.25) is 4.79 Å². The molecule has 0 aromatic carbocycles. The van der Waals surface area contributed by atoms with Gasteiger partial charge in [0.25, 0.3) is 0 Å². The minimum atomic E-state index is -0.954. The molecule has 0 spiro atoms. The molecule has 0 radical (unpaired) electrons. The summed E-state index contributed by atoms with van der Waals surface area (Å²) in [5.41, 5.74) is 0. The first kappa shape index (κ1) is 10.0. The lowest BCUT2D eigenvalue weighted by molar-refractivity contribution is -0.142. The molecule has 0 bridgehead atoms. The summed E-state index contributed by atoms with van der Waals surface area (Å²) in [7, 11) is 0. The molecule has 3 unspecified atom stereocenters. The predicted octanol–water partition coefficient (Wildman–Crippen LogP) is 0.622. The van der Waals surface area contributed by atoms with Crippen LogP contribution in [-0.4, -0.2) is 23.0 Å². The molecule has 2 N–H and O–H groups in total. The van der Waals surface area contributed by atoms with Gasteiger partial charge >= 0.3 is 5.97 Å². The van der Waals surface area contributed by atoms with Gasteiger partial charge in [0.2, 0.25) is 5.91 Å². The van der Waals surface area contributed by atoms with Crippen LogP contribution in [-0.2, 0) is 9.59 Å². The lowest BCUT2D eigenvalue weighted by Gasteiger charge is -2.11. The first-order valence-corrected chi connectivity index (χ1v) is 4.59. The van der Waals surface area contributed by atoms with Crippen molar-refractivity contribution in [3.63, 3.8) is 0 Å². The molecule has 4 heteroatoms. The van der Waals surface area contributed by atoms with Gasteiger partial charge in [-0.15, -0.1) is 0 Å². The Bertz CT molecular complexity index is 227. The molecule has 1 fully saturated rings. The van der Waals surface area contributed by atoms with Crippen molar-refractivity contribution in [3.05, 3.63) is 0 Å². The molecule has 0 heterocycles. The van der Waals surface area contributed by atoms with Gasteiger partial charge in [0.15, 0.2) is 0 Å². The topological polar surface area (TPSA) is 66.4 Å². The van der Waals surface area contributed by atoms with E-state index >= 15 is 0 Å². The average molecular weight is 185 g/mol. The number of carbonyl (C=O) groups is 2. The van der Waals surface area contributed by atoms with E-state index in [4.69, 9.17) is 5.11 Å². The largest absolute Gasteiger partial charge is 0.480 e. The zero-order valence-corrected chi connectivity index (χ0v) is 7.91. The second-order valence-electron chi connectivity index (χ2n) is 3.63. The van der Waals surface area contributed by atoms with Crippen LogP contribution >= 0.6 is 0 Å². The lowest BCUT2D eigenvalue weighted by atomic mass is 10.2. The van der Waals surface area contributed by atoms with Crippen molar-refractivity contribution < 1.29 is 14.7 Å². The second kappa shape index (κ2) is 3.77. The summed E-state index contributed by atoms with van der Waals surface area (Å²) < 4.78 is 0. The normalized spacial score (nSPS) is 27.8. The van der Waals surface area contributed by atoms with E-state index in [0.29, 0.717) is 12.3 Å². The summed E-state index contributed by atoms with van der Waals surface area (Å²) in [6.45, 7) is 3.74. The van der Waals surface area contributed by atoms with E-state index in [0.717, 1.165) is 6.42 Å². The molecule has 1 amide bonds. The fraction of sp³-hybridized carbons (Fsp3) is 0.778. The Morgan fingerprint density at radius 2 is 2.15 bits per heavy atom. The number of carboxylic acid groups (broad SMARTS) is 1. The Kier molecular flexibility index (Phi) is 2.90. The molecule has 1 aliphatic carbocycles. The Morgan fingerprint density at radius 1 is 1.62 bits per heavy atom. The molecular weight excluding hydrogens is 170 g/mol. The van der Waals surface area contributed by atoms with Crippen molar-refractivity contribution in [3.8, 4) is 0 Å². The lowest BCUT2D eigenvalue weighted by Crippen LogP contribution is -2.41. The van der Waals surface area contributed by atoms with Crippen LogP contribution in [0.3, 0.4) is 0 Å². The SMILES string of the molecule is CCC(NC(=O)C1CC1C)C(=O)O. The standard InChI is InChI=1S/C9H15NO3/c1-3-7(9(12)13)10-8(11)6-4-5(6)2/h5-7H,3-4H2,1-2H3,(H,10,11)(H,12,13). The van der Waals surface area contributed by atoms with E-state index in [1.165, 1.54) is 0 Å². The number of hydrogen-bond donors (Lipinski definition) is 2. The number of hydrogen-bond acceptors (Lipinski definition) is 2. The van der Waals surface area contributed by atoms with Crippen LogP contribution in [0.15, 0.2) is 0 Å². The van der Waals surface area contributed by atoms with E-state index in [-0.39, 0.29) is 11.8 Å². The first-order chi connectivity index (χ1) is 6.06. The van der Waals surface area contributed by atoms with Crippen LogP contribution < -0.4 is 5.32 Å². The number of amides is 1. The molecule has 0 saturated heterocycles. The predicted molar refractivity (Wildman–Crippen MR) is 47.1 cm³/mol. The maximum absolute atomic E-state index is 11.3. The third kappa shape index (κ3) is 2.44. The van der Waals surface area contributed by atoms with E-state index in [2.05, 4.69) is 5.32 Å². The van der Waals surface area contributed by atoms with Gasteiger partial charge in [-0.1, -0.05) is 13.8 Å². The summed E-state index contributed by atoms with van der Waals surface area (Å²) >= 11 is 0. The van der Waals surface area contributed by atoms with Crippen molar-refractivity contribution in [1.82, 2.24) is 5.32 Å². The molecule has 4 nitrogen and oxygen atoms in total. The van der Waals surface area contributed by atoms with Crippen molar-refractivity contribution >= 4 is 11.9 Å².